The molecule has 2 aromatic carbocycles. The second kappa shape index (κ2) is 10.2. The SMILES string of the molecule is Cc1ccc(-n2c(SCC(=O)NN=Cc3ccccc3C)nc3sc4c(c3c2=O)CCCC4)cc1. The van der Waals surface area contributed by atoms with Crippen molar-refractivity contribution in [3.63, 3.8) is 0 Å². The summed E-state index contributed by atoms with van der Waals surface area (Å²) in [5.41, 5.74) is 7.59. The maximum atomic E-state index is 13.8. The minimum absolute atomic E-state index is 0.0567. The highest BCUT2D eigenvalue weighted by Crippen LogP contribution is 2.35. The van der Waals surface area contributed by atoms with Gasteiger partial charge in [0.05, 0.1) is 23.0 Å². The molecule has 8 heteroatoms. The van der Waals surface area contributed by atoms with Crippen LogP contribution < -0.4 is 11.0 Å². The maximum Gasteiger partial charge on any atom is 0.267 e. The largest absolute Gasteiger partial charge is 0.272 e. The predicted octanol–water partition coefficient (Wildman–Crippen LogP) is 5.19. The molecule has 0 aliphatic heterocycles. The monoisotopic (exact) mass is 502 g/mol. The number of nitrogens with one attached hydrogen (secondary N) is 1. The lowest BCUT2D eigenvalue weighted by Gasteiger charge is -2.13. The fraction of sp³-hybridized carbons (Fsp3) is 0.259. The van der Waals surface area contributed by atoms with Crippen LogP contribution >= 0.6 is 23.1 Å². The summed E-state index contributed by atoms with van der Waals surface area (Å²) in [6, 6.07) is 15.7. The summed E-state index contributed by atoms with van der Waals surface area (Å²) in [4.78, 5) is 33.2. The topological polar surface area (TPSA) is 76.3 Å². The lowest BCUT2D eigenvalue weighted by atomic mass is 9.97. The van der Waals surface area contributed by atoms with Crippen LogP contribution in [0, 0.1) is 13.8 Å². The number of carbonyl (C=O) groups is 1. The van der Waals surface area contributed by atoms with Crippen molar-refractivity contribution < 1.29 is 4.79 Å². The van der Waals surface area contributed by atoms with Gasteiger partial charge in [0.25, 0.3) is 11.5 Å². The Morgan fingerprint density at radius 1 is 1.14 bits per heavy atom. The van der Waals surface area contributed by atoms with Crippen LogP contribution in [0.4, 0.5) is 0 Å². The second-order valence-electron chi connectivity index (χ2n) is 8.70. The number of nitrogens with zero attached hydrogens (tertiary/aromatic N) is 3. The molecule has 0 atom stereocenters. The van der Waals surface area contributed by atoms with Gasteiger partial charge in [0, 0.05) is 4.88 Å². The van der Waals surface area contributed by atoms with E-state index in [2.05, 4.69) is 10.5 Å². The molecule has 0 spiro atoms. The van der Waals surface area contributed by atoms with Crippen LogP contribution in [0.2, 0.25) is 0 Å². The number of benzene rings is 2. The van der Waals surface area contributed by atoms with E-state index in [1.165, 1.54) is 16.6 Å². The van der Waals surface area contributed by atoms with Crippen molar-refractivity contribution in [3.05, 3.63) is 86.0 Å². The Labute approximate surface area is 212 Å². The number of aryl methyl sites for hydroxylation is 4. The zero-order valence-electron chi connectivity index (χ0n) is 19.7. The third-order valence-corrected chi connectivity index (χ3v) is 8.29. The molecule has 35 heavy (non-hydrogen) atoms. The average molecular weight is 503 g/mol. The first-order valence-corrected chi connectivity index (χ1v) is 13.5. The Morgan fingerprint density at radius 3 is 2.71 bits per heavy atom. The fourth-order valence-corrected chi connectivity index (χ4v) is 6.38. The number of hydrogen-bond acceptors (Lipinski definition) is 6. The highest BCUT2D eigenvalue weighted by atomic mass is 32.2. The molecule has 5 rings (SSSR count). The first kappa shape index (κ1) is 23.5. The summed E-state index contributed by atoms with van der Waals surface area (Å²) in [6.07, 6.45) is 5.82. The molecule has 6 nitrogen and oxygen atoms in total. The maximum absolute atomic E-state index is 13.8. The van der Waals surface area contributed by atoms with Crippen molar-refractivity contribution in [2.24, 2.45) is 5.10 Å². The molecule has 1 aliphatic rings. The van der Waals surface area contributed by atoms with Crippen molar-refractivity contribution in [3.8, 4) is 5.69 Å². The highest BCUT2D eigenvalue weighted by Gasteiger charge is 2.23. The molecule has 1 aliphatic carbocycles. The molecule has 0 unspecified atom stereocenters. The van der Waals surface area contributed by atoms with E-state index in [0.29, 0.717) is 5.16 Å². The van der Waals surface area contributed by atoms with E-state index in [4.69, 9.17) is 4.98 Å². The van der Waals surface area contributed by atoms with Gasteiger partial charge in [-0.05, 0) is 68.4 Å². The van der Waals surface area contributed by atoms with Gasteiger partial charge in [0.2, 0.25) is 0 Å². The molecule has 4 aromatic rings. The van der Waals surface area contributed by atoms with Crippen LogP contribution in [0.15, 0.2) is 63.6 Å². The quantitative estimate of drug-likeness (QED) is 0.170. The van der Waals surface area contributed by atoms with Crippen molar-refractivity contribution in [1.82, 2.24) is 15.0 Å². The molecule has 2 aromatic heterocycles. The Bertz CT molecular complexity index is 1490. The van der Waals surface area contributed by atoms with Crippen molar-refractivity contribution in [2.75, 3.05) is 5.75 Å². The van der Waals surface area contributed by atoms with Gasteiger partial charge >= 0.3 is 0 Å². The van der Waals surface area contributed by atoms with E-state index in [-0.39, 0.29) is 17.2 Å². The number of carbonyl (C=O) groups excluding carboxylic acids is 1. The molecule has 0 bridgehead atoms. The number of thioether (sulfide) groups is 1. The number of aromatic nitrogens is 2. The highest BCUT2D eigenvalue weighted by molar-refractivity contribution is 7.99. The molecule has 0 saturated carbocycles. The van der Waals surface area contributed by atoms with Crippen LogP contribution in [-0.2, 0) is 17.6 Å². The molecule has 178 valence electrons. The number of hydrogen-bond donors (Lipinski definition) is 1. The Morgan fingerprint density at radius 2 is 1.91 bits per heavy atom. The molecular weight excluding hydrogens is 476 g/mol. The van der Waals surface area contributed by atoms with Crippen LogP contribution in [0.3, 0.4) is 0 Å². The molecule has 0 radical (unpaired) electrons. The van der Waals surface area contributed by atoms with E-state index < -0.39 is 0 Å². The summed E-state index contributed by atoms with van der Waals surface area (Å²) in [5.74, 6) is -0.157. The number of hydrazone groups is 1. The average Bonchev–Trinajstić information content (AvgIpc) is 3.23. The van der Waals surface area contributed by atoms with Gasteiger partial charge in [-0.25, -0.2) is 10.4 Å². The van der Waals surface area contributed by atoms with Crippen LogP contribution in [0.25, 0.3) is 15.9 Å². The molecule has 1 N–H and O–H groups in total. The van der Waals surface area contributed by atoms with E-state index in [1.54, 1.807) is 22.1 Å². The van der Waals surface area contributed by atoms with Gasteiger partial charge in [-0.1, -0.05) is 53.7 Å². The molecule has 2 heterocycles. The normalized spacial score (nSPS) is 13.3. The standard InChI is InChI=1S/C27H26N4O2S2/c1-17-11-13-20(14-12-17)31-26(33)24-21-9-5-6-10-22(21)35-25(24)29-27(31)34-16-23(32)30-28-15-19-8-4-3-7-18(19)2/h3-4,7-8,11-15H,5-6,9-10,16H2,1-2H3,(H,30,32). The molecule has 1 amide bonds. The van der Waals surface area contributed by atoms with E-state index in [0.717, 1.165) is 63.8 Å². The van der Waals surface area contributed by atoms with Gasteiger partial charge in [0.1, 0.15) is 4.83 Å². The number of rotatable bonds is 6. The van der Waals surface area contributed by atoms with Crippen LogP contribution in [0.1, 0.15) is 40.0 Å². The predicted molar refractivity (Wildman–Crippen MR) is 144 cm³/mol. The lowest BCUT2D eigenvalue weighted by molar-refractivity contribution is -0.118. The van der Waals surface area contributed by atoms with Crippen molar-refractivity contribution in [1.29, 1.82) is 0 Å². The zero-order chi connectivity index (χ0) is 24.4. The van der Waals surface area contributed by atoms with E-state index in [1.807, 2.05) is 62.4 Å². The number of thiophene rings is 1. The Hall–Kier alpha value is -3.23. The minimum atomic E-state index is -0.255. The van der Waals surface area contributed by atoms with Crippen molar-refractivity contribution >= 4 is 45.4 Å². The molecule has 0 fully saturated rings. The first-order chi connectivity index (χ1) is 17.0. The smallest absolute Gasteiger partial charge is 0.267 e. The fourth-order valence-electron chi connectivity index (χ4n) is 4.27. The van der Waals surface area contributed by atoms with Crippen molar-refractivity contribution in [2.45, 2.75) is 44.7 Å². The lowest BCUT2D eigenvalue weighted by Crippen LogP contribution is -2.24. The third kappa shape index (κ3) is 4.94. The Balaban J connectivity index is 1.44. The van der Waals surface area contributed by atoms with Gasteiger partial charge in [-0.3, -0.25) is 14.2 Å². The first-order valence-electron chi connectivity index (χ1n) is 11.7. The van der Waals surface area contributed by atoms with Crippen LogP contribution in [-0.4, -0.2) is 27.4 Å². The van der Waals surface area contributed by atoms with Gasteiger partial charge < -0.3 is 0 Å². The summed E-state index contributed by atoms with van der Waals surface area (Å²) >= 11 is 2.87. The molecular formula is C27H26N4O2S2. The second-order valence-corrected chi connectivity index (χ2v) is 10.7. The molecule has 0 saturated heterocycles. The van der Waals surface area contributed by atoms with E-state index in [9.17, 15) is 9.59 Å². The summed E-state index contributed by atoms with van der Waals surface area (Å²) in [6.45, 7) is 4.01. The van der Waals surface area contributed by atoms with Gasteiger partial charge in [-0.15, -0.1) is 11.3 Å². The Kier molecular flexibility index (Phi) is 6.83. The minimum Gasteiger partial charge on any atom is -0.272 e. The van der Waals surface area contributed by atoms with Crippen LogP contribution in [0.5, 0.6) is 0 Å². The summed E-state index contributed by atoms with van der Waals surface area (Å²) in [7, 11) is 0. The summed E-state index contributed by atoms with van der Waals surface area (Å²) < 4.78 is 1.65. The van der Waals surface area contributed by atoms with E-state index >= 15 is 0 Å². The number of amides is 1. The zero-order valence-corrected chi connectivity index (χ0v) is 21.3. The third-order valence-electron chi connectivity index (χ3n) is 6.16. The summed E-state index contributed by atoms with van der Waals surface area (Å²) in [5, 5.41) is 5.35. The van der Waals surface area contributed by atoms with Gasteiger partial charge in [0.15, 0.2) is 5.16 Å². The van der Waals surface area contributed by atoms with Gasteiger partial charge in [-0.2, -0.15) is 5.10 Å². The number of fused-ring (bicyclic) bond motifs is 3.